The van der Waals surface area contributed by atoms with Gasteiger partial charge in [-0.05, 0) is 0 Å². The van der Waals surface area contributed by atoms with E-state index in [1.807, 2.05) is 13.8 Å². The summed E-state index contributed by atoms with van der Waals surface area (Å²) in [7, 11) is 0. The molecule has 0 amide bonds. The highest BCUT2D eigenvalue weighted by atomic mass is 79.9. The fourth-order valence-corrected chi connectivity index (χ4v) is 2.60. The SMILES string of the molecule is CC(Br)C(CO)(CO)C(C)Br. The summed E-state index contributed by atoms with van der Waals surface area (Å²) in [6, 6.07) is 0. The molecule has 0 aromatic carbocycles. The summed E-state index contributed by atoms with van der Waals surface area (Å²) in [6.45, 7) is 3.79. The molecule has 0 radical (unpaired) electrons. The Morgan fingerprint density at radius 3 is 1.36 bits per heavy atom. The zero-order valence-electron chi connectivity index (χ0n) is 6.72. The first-order chi connectivity index (χ1) is 5.01. The third-order valence-electron chi connectivity index (χ3n) is 2.17. The van der Waals surface area contributed by atoms with Crippen molar-refractivity contribution >= 4 is 31.9 Å². The topological polar surface area (TPSA) is 40.5 Å². The Morgan fingerprint density at radius 2 is 1.36 bits per heavy atom. The van der Waals surface area contributed by atoms with Crippen molar-refractivity contribution in [3.05, 3.63) is 0 Å². The molecule has 0 heterocycles. The van der Waals surface area contributed by atoms with Crippen molar-refractivity contribution in [2.75, 3.05) is 13.2 Å². The maximum atomic E-state index is 9.10. The summed E-state index contributed by atoms with van der Waals surface area (Å²) in [4.78, 5) is 0.166. The Balaban J connectivity index is 4.46. The summed E-state index contributed by atoms with van der Waals surface area (Å²) in [5.74, 6) is 0. The number of halogens is 2. The zero-order valence-corrected chi connectivity index (χ0v) is 9.89. The second-order valence-electron chi connectivity index (χ2n) is 2.78. The van der Waals surface area contributed by atoms with Crippen molar-refractivity contribution < 1.29 is 10.2 Å². The van der Waals surface area contributed by atoms with Crippen molar-refractivity contribution in [2.24, 2.45) is 5.41 Å². The summed E-state index contributed by atoms with van der Waals surface area (Å²) in [5, 5.41) is 18.2. The van der Waals surface area contributed by atoms with Crippen LogP contribution < -0.4 is 0 Å². The van der Waals surface area contributed by atoms with Crippen LogP contribution in [-0.4, -0.2) is 33.1 Å². The first-order valence-corrected chi connectivity index (χ1v) is 5.34. The van der Waals surface area contributed by atoms with Crippen LogP contribution in [0.15, 0.2) is 0 Å². The largest absolute Gasteiger partial charge is 0.396 e. The van der Waals surface area contributed by atoms with Crippen LogP contribution in [0.3, 0.4) is 0 Å². The molecule has 0 aliphatic heterocycles. The van der Waals surface area contributed by atoms with Gasteiger partial charge in [-0.1, -0.05) is 45.7 Å². The van der Waals surface area contributed by atoms with Gasteiger partial charge in [0.1, 0.15) is 0 Å². The molecule has 2 N–H and O–H groups in total. The molecule has 0 aromatic rings. The highest BCUT2D eigenvalue weighted by Gasteiger charge is 2.38. The molecular formula is C7H14Br2O2. The summed E-state index contributed by atoms with van der Waals surface area (Å²) in [5.41, 5.74) is -0.472. The second-order valence-corrected chi connectivity index (χ2v) is 5.53. The van der Waals surface area contributed by atoms with E-state index in [-0.39, 0.29) is 22.9 Å². The Kier molecular flexibility index (Phi) is 5.18. The van der Waals surface area contributed by atoms with E-state index in [4.69, 9.17) is 10.2 Å². The third-order valence-corrected chi connectivity index (χ3v) is 4.00. The van der Waals surface area contributed by atoms with E-state index in [1.165, 1.54) is 0 Å². The molecule has 4 heteroatoms. The zero-order chi connectivity index (χ0) is 9.07. The van der Waals surface area contributed by atoms with E-state index in [0.29, 0.717) is 0 Å². The lowest BCUT2D eigenvalue weighted by Gasteiger charge is -2.35. The van der Waals surface area contributed by atoms with Gasteiger partial charge in [-0.15, -0.1) is 0 Å². The van der Waals surface area contributed by atoms with E-state index in [2.05, 4.69) is 31.9 Å². The maximum Gasteiger partial charge on any atom is 0.0530 e. The molecule has 2 nitrogen and oxygen atoms in total. The Hall–Kier alpha value is 0.880. The maximum absolute atomic E-state index is 9.10. The van der Waals surface area contributed by atoms with Crippen LogP contribution in [-0.2, 0) is 0 Å². The van der Waals surface area contributed by atoms with Gasteiger partial charge in [-0.25, -0.2) is 0 Å². The van der Waals surface area contributed by atoms with Gasteiger partial charge in [-0.2, -0.15) is 0 Å². The fourth-order valence-electron chi connectivity index (χ4n) is 0.870. The third kappa shape index (κ3) is 2.41. The van der Waals surface area contributed by atoms with Crippen LogP contribution in [0.2, 0.25) is 0 Å². The lowest BCUT2D eigenvalue weighted by molar-refractivity contribution is 0.0604. The molecule has 0 saturated heterocycles. The Labute approximate surface area is 84.3 Å². The monoisotopic (exact) mass is 288 g/mol. The predicted octanol–water partition coefficient (Wildman–Crippen LogP) is 1.52. The second kappa shape index (κ2) is 4.80. The average Bonchev–Trinajstić information content (AvgIpc) is 1.90. The predicted molar refractivity (Wildman–Crippen MR) is 53.4 cm³/mol. The minimum absolute atomic E-state index is 0.0255. The van der Waals surface area contributed by atoms with Gasteiger partial charge in [0.2, 0.25) is 0 Å². The van der Waals surface area contributed by atoms with E-state index >= 15 is 0 Å². The highest BCUT2D eigenvalue weighted by Crippen LogP contribution is 2.34. The van der Waals surface area contributed by atoms with Crippen LogP contribution in [0.25, 0.3) is 0 Å². The molecule has 0 aliphatic carbocycles. The van der Waals surface area contributed by atoms with Crippen LogP contribution in [0, 0.1) is 5.41 Å². The van der Waals surface area contributed by atoms with Gasteiger partial charge in [0.15, 0.2) is 0 Å². The minimum Gasteiger partial charge on any atom is -0.396 e. The standard InChI is InChI=1S/C7H14Br2O2/c1-5(8)7(3-10,4-11)6(2)9/h5-6,10-11H,3-4H2,1-2H3. The van der Waals surface area contributed by atoms with Gasteiger partial charge in [0.05, 0.1) is 13.2 Å². The van der Waals surface area contributed by atoms with Crippen LogP contribution >= 0.6 is 31.9 Å². The van der Waals surface area contributed by atoms with Crippen molar-refractivity contribution in [2.45, 2.75) is 23.5 Å². The number of hydrogen-bond acceptors (Lipinski definition) is 2. The first kappa shape index (κ1) is 11.9. The molecule has 0 fully saturated rings. The molecule has 0 spiro atoms. The minimum atomic E-state index is -0.472. The first-order valence-electron chi connectivity index (χ1n) is 3.51. The molecule has 0 rings (SSSR count). The van der Waals surface area contributed by atoms with Crippen molar-refractivity contribution in [1.82, 2.24) is 0 Å². The molecular weight excluding hydrogens is 276 g/mol. The van der Waals surface area contributed by atoms with Crippen LogP contribution in [0.4, 0.5) is 0 Å². The highest BCUT2D eigenvalue weighted by molar-refractivity contribution is 9.10. The van der Waals surface area contributed by atoms with Crippen molar-refractivity contribution in [1.29, 1.82) is 0 Å². The summed E-state index contributed by atoms with van der Waals surface area (Å²) >= 11 is 6.74. The van der Waals surface area contributed by atoms with E-state index in [1.54, 1.807) is 0 Å². The Bertz CT molecular complexity index is 101. The molecule has 2 atom stereocenters. The molecule has 0 aromatic heterocycles. The lowest BCUT2D eigenvalue weighted by Crippen LogP contribution is -2.43. The summed E-state index contributed by atoms with van der Waals surface area (Å²) < 4.78 is 0. The number of aliphatic hydroxyl groups excluding tert-OH is 2. The van der Waals surface area contributed by atoms with Crippen LogP contribution in [0.5, 0.6) is 0 Å². The van der Waals surface area contributed by atoms with Gasteiger partial charge < -0.3 is 10.2 Å². The molecule has 11 heavy (non-hydrogen) atoms. The number of hydrogen-bond donors (Lipinski definition) is 2. The average molecular weight is 290 g/mol. The van der Waals surface area contributed by atoms with Gasteiger partial charge >= 0.3 is 0 Å². The van der Waals surface area contributed by atoms with Gasteiger partial charge in [0, 0.05) is 15.1 Å². The molecule has 68 valence electrons. The van der Waals surface area contributed by atoms with Crippen molar-refractivity contribution in [3.8, 4) is 0 Å². The fraction of sp³-hybridized carbons (Fsp3) is 1.00. The molecule has 0 aliphatic rings. The lowest BCUT2D eigenvalue weighted by atomic mass is 9.84. The number of rotatable bonds is 4. The summed E-state index contributed by atoms with van der Waals surface area (Å²) in [6.07, 6.45) is 0. The number of aliphatic hydroxyl groups is 2. The van der Waals surface area contributed by atoms with Gasteiger partial charge in [0.25, 0.3) is 0 Å². The normalized spacial score (nSPS) is 18.0. The van der Waals surface area contributed by atoms with Crippen molar-refractivity contribution in [3.63, 3.8) is 0 Å². The molecule has 0 bridgehead atoms. The van der Waals surface area contributed by atoms with E-state index in [9.17, 15) is 0 Å². The Morgan fingerprint density at radius 1 is 1.09 bits per heavy atom. The van der Waals surface area contributed by atoms with E-state index in [0.717, 1.165) is 0 Å². The van der Waals surface area contributed by atoms with Gasteiger partial charge in [-0.3, -0.25) is 0 Å². The molecule has 2 unspecified atom stereocenters. The van der Waals surface area contributed by atoms with E-state index < -0.39 is 5.41 Å². The molecule has 0 saturated carbocycles. The number of alkyl halides is 2. The smallest absolute Gasteiger partial charge is 0.0530 e. The quantitative estimate of drug-likeness (QED) is 0.771. The van der Waals surface area contributed by atoms with Crippen LogP contribution in [0.1, 0.15) is 13.8 Å².